The molecule has 4 aromatic rings. The van der Waals surface area contributed by atoms with Crippen LogP contribution in [0, 0.1) is 5.82 Å². The van der Waals surface area contributed by atoms with Crippen molar-refractivity contribution in [2.75, 3.05) is 37.8 Å². The minimum atomic E-state index is -0.867. The van der Waals surface area contributed by atoms with Gasteiger partial charge in [0.05, 0.1) is 41.7 Å². The van der Waals surface area contributed by atoms with Crippen LogP contribution in [-0.2, 0) is 14.3 Å². The summed E-state index contributed by atoms with van der Waals surface area (Å²) in [4.78, 5) is 34.7. The molecule has 40 heavy (non-hydrogen) atoms. The number of hydrogen-bond donors (Lipinski definition) is 0. The van der Waals surface area contributed by atoms with Crippen LogP contribution in [0.15, 0.2) is 86.5 Å². The summed E-state index contributed by atoms with van der Waals surface area (Å²) in [6.45, 7) is 4.58. The maximum atomic E-state index is 13.9. The number of aromatic nitrogens is 1. The first-order valence-electron chi connectivity index (χ1n) is 13.0. The molecular weight excluding hydrogens is 533 g/mol. The summed E-state index contributed by atoms with van der Waals surface area (Å²) in [5.74, 6) is 0.227. The fourth-order valence-electron chi connectivity index (χ4n) is 4.90. The zero-order chi connectivity index (χ0) is 27.6. The van der Waals surface area contributed by atoms with Crippen LogP contribution in [0.4, 0.5) is 10.3 Å². The summed E-state index contributed by atoms with van der Waals surface area (Å²) in [5.41, 5.74) is 1.56. The molecule has 0 unspecified atom stereocenters. The number of hydrogen-bond acceptors (Lipinski definition) is 8. The van der Waals surface area contributed by atoms with Crippen LogP contribution in [-0.4, -0.2) is 43.4 Å². The highest BCUT2D eigenvalue weighted by atomic mass is 32.1. The summed E-state index contributed by atoms with van der Waals surface area (Å²) in [6, 6.07) is 17.9. The molecule has 1 saturated heterocycles. The fraction of sp³-hybridized carbons (Fsp3) is 0.233. The number of halogens is 1. The number of fused-ring (bicyclic) bond motifs is 1. The van der Waals surface area contributed by atoms with Crippen LogP contribution in [0.1, 0.15) is 29.9 Å². The lowest BCUT2D eigenvalue weighted by Gasteiger charge is -2.26. The normalized spacial score (nSPS) is 17.5. The second kappa shape index (κ2) is 11.1. The van der Waals surface area contributed by atoms with E-state index in [1.165, 1.54) is 28.0 Å². The molecule has 0 spiro atoms. The Morgan fingerprint density at radius 2 is 1.85 bits per heavy atom. The van der Waals surface area contributed by atoms with Gasteiger partial charge in [-0.15, -0.1) is 0 Å². The predicted octanol–water partition coefficient (Wildman–Crippen LogP) is 3.50. The van der Waals surface area contributed by atoms with Gasteiger partial charge < -0.3 is 18.8 Å². The van der Waals surface area contributed by atoms with Gasteiger partial charge in [-0.1, -0.05) is 53.8 Å². The molecule has 0 amide bonds. The molecule has 0 bridgehead atoms. The molecular formula is C30H26FN3O5S. The van der Waals surface area contributed by atoms with Gasteiger partial charge in [-0.3, -0.25) is 9.36 Å². The molecule has 2 aliphatic heterocycles. The van der Waals surface area contributed by atoms with Gasteiger partial charge in [-0.2, -0.15) is 0 Å². The number of benzene rings is 2. The van der Waals surface area contributed by atoms with Gasteiger partial charge in [0.25, 0.3) is 5.56 Å². The van der Waals surface area contributed by atoms with Gasteiger partial charge >= 0.3 is 5.97 Å². The molecule has 1 fully saturated rings. The third-order valence-electron chi connectivity index (χ3n) is 6.77. The third kappa shape index (κ3) is 4.91. The van der Waals surface area contributed by atoms with Gasteiger partial charge in [0.1, 0.15) is 11.6 Å². The summed E-state index contributed by atoms with van der Waals surface area (Å²) >= 11 is 1.20. The zero-order valence-corrected chi connectivity index (χ0v) is 22.5. The fourth-order valence-corrected chi connectivity index (χ4v) is 5.88. The predicted molar refractivity (Wildman–Crippen MR) is 149 cm³/mol. The average molecular weight is 560 g/mol. The molecule has 8 nitrogen and oxygen atoms in total. The Morgan fingerprint density at radius 3 is 2.58 bits per heavy atom. The highest BCUT2D eigenvalue weighted by molar-refractivity contribution is 7.07. The quantitative estimate of drug-likeness (QED) is 0.336. The van der Waals surface area contributed by atoms with E-state index in [1.807, 2.05) is 42.5 Å². The van der Waals surface area contributed by atoms with E-state index in [-0.39, 0.29) is 17.7 Å². The van der Waals surface area contributed by atoms with E-state index in [0.29, 0.717) is 51.0 Å². The van der Waals surface area contributed by atoms with Gasteiger partial charge in [-0.25, -0.2) is 14.2 Å². The van der Waals surface area contributed by atoms with Gasteiger partial charge in [0.2, 0.25) is 0 Å². The average Bonchev–Trinajstić information content (AvgIpc) is 3.58. The number of nitrogens with zero attached hydrogens (tertiary/aromatic N) is 3. The van der Waals surface area contributed by atoms with Gasteiger partial charge in [0, 0.05) is 30.8 Å². The molecule has 0 radical (unpaired) electrons. The van der Waals surface area contributed by atoms with Crippen LogP contribution in [0.25, 0.3) is 11.8 Å². The molecule has 10 heteroatoms. The maximum Gasteiger partial charge on any atom is 0.338 e. The number of thiazole rings is 1. The smallest absolute Gasteiger partial charge is 0.338 e. The number of furan rings is 1. The number of carbonyl (C=O) groups is 1. The first kappa shape index (κ1) is 26.0. The lowest BCUT2D eigenvalue weighted by Crippen LogP contribution is -2.40. The Hall–Kier alpha value is -4.28. The minimum Gasteiger partial charge on any atom is -0.463 e. The molecule has 1 atom stereocenters. The van der Waals surface area contributed by atoms with Crippen molar-refractivity contribution in [1.29, 1.82) is 0 Å². The molecule has 204 valence electrons. The van der Waals surface area contributed by atoms with Crippen molar-refractivity contribution in [1.82, 2.24) is 4.57 Å². The molecule has 6 rings (SSSR count). The van der Waals surface area contributed by atoms with Gasteiger partial charge in [-0.05, 0) is 30.7 Å². The van der Waals surface area contributed by atoms with Crippen LogP contribution in [0.3, 0.4) is 0 Å². The standard InChI is InChI=1S/C30H26FN3O5S/c1-2-38-29(36)25-26(19-6-4-3-5-7-19)32-30-34(27(25)20-8-10-21(31)11-9-20)28(35)23(40-30)18-22-12-13-24(39-22)33-14-16-37-17-15-33/h3-13,18,27H,2,14-17H2,1H3/b23-18-/t27-/m1/s1. The van der Waals surface area contributed by atoms with Crippen LogP contribution < -0.4 is 19.8 Å². The number of carbonyl (C=O) groups excluding carboxylic acids is 1. The van der Waals surface area contributed by atoms with E-state index in [4.69, 9.17) is 18.9 Å². The lowest BCUT2D eigenvalue weighted by atomic mass is 9.93. The van der Waals surface area contributed by atoms with Crippen molar-refractivity contribution in [3.05, 3.63) is 115 Å². The summed E-state index contributed by atoms with van der Waals surface area (Å²) < 4.78 is 32.7. The van der Waals surface area contributed by atoms with E-state index in [2.05, 4.69) is 4.90 Å². The largest absolute Gasteiger partial charge is 0.463 e. The molecule has 0 saturated carbocycles. The Morgan fingerprint density at radius 1 is 1.10 bits per heavy atom. The van der Waals surface area contributed by atoms with Crippen molar-refractivity contribution >= 4 is 35.0 Å². The highest BCUT2D eigenvalue weighted by Gasteiger charge is 2.35. The van der Waals surface area contributed by atoms with E-state index >= 15 is 0 Å². The number of anilines is 1. The summed E-state index contributed by atoms with van der Waals surface area (Å²) in [6.07, 6.45) is 1.69. The zero-order valence-electron chi connectivity index (χ0n) is 21.7. The SMILES string of the molecule is CCOC(=O)C1=C(c2ccccc2)N=c2s/c(=C\c3ccc(N4CCOCC4)o3)c(=O)n2[C@@H]1c1ccc(F)cc1. The van der Waals surface area contributed by atoms with Gasteiger partial charge in [0.15, 0.2) is 10.7 Å². The second-order valence-electron chi connectivity index (χ2n) is 9.26. The lowest BCUT2D eigenvalue weighted by molar-refractivity contribution is -0.138. The van der Waals surface area contributed by atoms with Crippen LogP contribution in [0.2, 0.25) is 0 Å². The monoisotopic (exact) mass is 559 g/mol. The Balaban J connectivity index is 1.54. The maximum absolute atomic E-state index is 13.9. The number of esters is 1. The van der Waals surface area contributed by atoms with Crippen LogP contribution >= 0.6 is 11.3 Å². The third-order valence-corrected chi connectivity index (χ3v) is 7.75. The van der Waals surface area contributed by atoms with Crippen LogP contribution in [0.5, 0.6) is 0 Å². The molecule has 0 N–H and O–H groups in total. The van der Waals surface area contributed by atoms with E-state index < -0.39 is 17.8 Å². The molecule has 2 aliphatic rings. The Labute approximate surface area is 232 Å². The van der Waals surface area contributed by atoms with Crippen molar-refractivity contribution in [3.63, 3.8) is 0 Å². The Bertz CT molecular complexity index is 1750. The first-order chi connectivity index (χ1) is 19.5. The number of morpholine rings is 1. The summed E-state index contributed by atoms with van der Waals surface area (Å²) in [5, 5.41) is 0. The topological polar surface area (TPSA) is 86.3 Å². The van der Waals surface area contributed by atoms with Crippen molar-refractivity contribution in [2.24, 2.45) is 4.99 Å². The number of ether oxygens (including phenoxy) is 2. The molecule has 4 heterocycles. The summed E-state index contributed by atoms with van der Waals surface area (Å²) in [7, 11) is 0. The molecule has 2 aromatic heterocycles. The van der Waals surface area contributed by atoms with E-state index in [1.54, 1.807) is 25.1 Å². The second-order valence-corrected chi connectivity index (χ2v) is 10.3. The number of rotatable bonds is 6. The van der Waals surface area contributed by atoms with Crippen molar-refractivity contribution in [2.45, 2.75) is 13.0 Å². The molecule has 0 aliphatic carbocycles. The van der Waals surface area contributed by atoms with Crippen molar-refractivity contribution in [3.8, 4) is 0 Å². The first-order valence-corrected chi connectivity index (χ1v) is 13.8. The highest BCUT2D eigenvalue weighted by Crippen LogP contribution is 2.35. The van der Waals surface area contributed by atoms with E-state index in [0.717, 1.165) is 13.1 Å². The van der Waals surface area contributed by atoms with E-state index in [9.17, 15) is 14.0 Å². The molecule has 2 aromatic carbocycles. The van der Waals surface area contributed by atoms with Crippen molar-refractivity contribution < 1.29 is 23.1 Å². The Kier molecular flexibility index (Phi) is 7.19. The minimum absolute atomic E-state index is 0.148.